The van der Waals surface area contributed by atoms with Crippen molar-refractivity contribution >= 4 is 5.91 Å². The molecule has 4 nitrogen and oxygen atoms in total. The zero-order valence-electron chi connectivity index (χ0n) is 27.4. The lowest BCUT2D eigenvalue weighted by atomic mass is 10.0. The molecule has 0 saturated heterocycles. The summed E-state index contributed by atoms with van der Waals surface area (Å²) in [5, 5.41) is 23.0. The summed E-state index contributed by atoms with van der Waals surface area (Å²) in [4.78, 5) is 12.3. The number of hydrogen-bond acceptors (Lipinski definition) is 3. The fraction of sp³-hybridized carbons (Fsp3) is 0.972. The van der Waals surface area contributed by atoms with Crippen LogP contribution in [0.25, 0.3) is 0 Å². The summed E-state index contributed by atoms with van der Waals surface area (Å²) < 4.78 is 0. The third-order valence-electron chi connectivity index (χ3n) is 8.62. The maximum atomic E-state index is 12.3. The average Bonchev–Trinajstić information content (AvgIpc) is 2.96. The maximum Gasteiger partial charge on any atom is 0.220 e. The molecule has 2 atom stereocenters. The number of amides is 1. The van der Waals surface area contributed by atoms with Crippen LogP contribution in [0.2, 0.25) is 0 Å². The zero-order valence-corrected chi connectivity index (χ0v) is 27.4. The zero-order chi connectivity index (χ0) is 29.4. The molecule has 0 aliphatic rings. The standard InChI is InChI=1S/C36H73NO3/c1-3-5-7-9-11-13-15-16-17-18-19-20-21-22-24-26-28-30-32-36(40)37-34(33-38)35(39)31-29-27-25-23-14-12-10-8-6-4-2/h34-35,38-39H,3-33H2,1-2H3,(H,37,40)/t34-,35+/m0/s1. The Morgan fingerprint density at radius 1 is 0.500 bits per heavy atom. The van der Waals surface area contributed by atoms with E-state index >= 15 is 0 Å². The van der Waals surface area contributed by atoms with E-state index in [9.17, 15) is 15.0 Å². The number of rotatable bonds is 33. The van der Waals surface area contributed by atoms with Gasteiger partial charge in [0, 0.05) is 6.42 Å². The van der Waals surface area contributed by atoms with Crippen molar-refractivity contribution in [2.45, 2.75) is 219 Å². The predicted octanol–water partition coefficient (Wildman–Crippen LogP) is 10.6. The molecule has 240 valence electrons. The van der Waals surface area contributed by atoms with Gasteiger partial charge in [-0.15, -0.1) is 0 Å². The molecule has 0 heterocycles. The second kappa shape index (κ2) is 32.9. The van der Waals surface area contributed by atoms with Crippen LogP contribution in [0, 0.1) is 0 Å². The third-order valence-corrected chi connectivity index (χ3v) is 8.62. The summed E-state index contributed by atoms with van der Waals surface area (Å²) in [6, 6.07) is -0.526. The van der Waals surface area contributed by atoms with Crippen LogP contribution in [-0.2, 0) is 4.79 Å². The van der Waals surface area contributed by atoms with Crippen LogP contribution in [0.3, 0.4) is 0 Å². The van der Waals surface area contributed by atoms with Gasteiger partial charge >= 0.3 is 0 Å². The van der Waals surface area contributed by atoms with Gasteiger partial charge in [-0.3, -0.25) is 4.79 Å². The lowest BCUT2D eigenvalue weighted by Gasteiger charge is -2.22. The SMILES string of the molecule is CCCCCCCCCCCCCCCCCCCCC(=O)N[C@@H](CO)[C@H](O)CCCCCCCCCCCC. The summed E-state index contributed by atoms with van der Waals surface area (Å²) in [6.45, 7) is 4.35. The van der Waals surface area contributed by atoms with Crippen molar-refractivity contribution in [1.29, 1.82) is 0 Å². The van der Waals surface area contributed by atoms with E-state index < -0.39 is 12.1 Å². The summed E-state index contributed by atoms with van der Waals surface area (Å²) in [5.74, 6) is -0.0299. The molecule has 0 aromatic heterocycles. The Morgan fingerprint density at radius 3 is 1.12 bits per heavy atom. The first kappa shape index (κ1) is 39.4. The normalized spacial score (nSPS) is 13.0. The van der Waals surface area contributed by atoms with Gasteiger partial charge in [0.1, 0.15) is 0 Å². The fourth-order valence-corrected chi connectivity index (χ4v) is 5.77. The van der Waals surface area contributed by atoms with Crippen LogP contribution in [0.15, 0.2) is 0 Å². The maximum absolute atomic E-state index is 12.3. The quantitative estimate of drug-likeness (QED) is 0.0691. The second-order valence-corrected chi connectivity index (χ2v) is 12.7. The molecule has 0 fully saturated rings. The van der Waals surface area contributed by atoms with Gasteiger partial charge in [0.15, 0.2) is 0 Å². The van der Waals surface area contributed by atoms with Gasteiger partial charge in [-0.05, 0) is 12.8 Å². The van der Waals surface area contributed by atoms with E-state index in [1.54, 1.807) is 0 Å². The van der Waals surface area contributed by atoms with Gasteiger partial charge in [0.2, 0.25) is 5.91 Å². The molecular weight excluding hydrogens is 494 g/mol. The molecule has 0 spiro atoms. The van der Waals surface area contributed by atoms with Crippen molar-refractivity contribution in [2.24, 2.45) is 0 Å². The lowest BCUT2D eigenvalue weighted by molar-refractivity contribution is -0.123. The Hall–Kier alpha value is -0.610. The first-order valence-corrected chi connectivity index (χ1v) is 18.2. The van der Waals surface area contributed by atoms with Crippen LogP contribution in [0.5, 0.6) is 0 Å². The number of aliphatic hydroxyl groups is 2. The molecule has 0 aromatic carbocycles. The average molecular weight is 568 g/mol. The van der Waals surface area contributed by atoms with E-state index in [1.165, 1.54) is 154 Å². The molecule has 0 rings (SSSR count). The van der Waals surface area contributed by atoms with Crippen LogP contribution < -0.4 is 5.32 Å². The Kier molecular flexibility index (Phi) is 32.4. The van der Waals surface area contributed by atoms with Gasteiger partial charge in [-0.2, -0.15) is 0 Å². The molecule has 0 radical (unpaired) electrons. The minimum atomic E-state index is -0.650. The molecular formula is C36H73NO3. The van der Waals surface area contributed by atoms with E-state index in [2.05, 4.69) is 19.2 Å². The molecule has 0 saturated carbocycles. The topological polar surface area (TPSA) is 69.6 Å². The van der Waals surface area contributed by atoms with Crippen LogP contribution >= 0.6 is 0 Å². The molecule has 40 heavy (non-hydrogen) atoms. The number of hydrogen-bond donors (Lipinski definition) is 3. The Balaban J connectivity index is 3.49. The van der Waals surface area contributed by atoms with Crippen LogP contribution in [0.4, 0.5) is 0 Å². The number of unbranched alkanes of at least 4 members (excludes halogenated alkanes) is 26. The van der Waals surface area contributed by atoms with Gasteiger partial charge in [-0.25, -0.2) is 0 Å². The molecule has 0 aliphatic carbocycles. The molecule has 0 bridgehead atoms. The van der Waals surface area contributed by atoms with Crippen molar-refractivity contribution in [2.75, 3.05) is 6.61 Å². The summed E-state index contributed by atoms with van der Waals surface area (Å²) >= 11 is 0. The third kappa shape index (κ3) is 28.9. The molecule has 0 unspecified atom stereocenters. The summed E-state index contributed by atoms with van der Waals surface area (Å²) in [7, 11) is 0. The minimum absolute atomic E-state index is 0.0299. The number of carbonyl (C=O) groups is 1. The van der Waals surface area contributed by atoms with Crippen LogP contribution in [-0.4, -0.2) is 34.9 Å². The largest absolute Gasteiger partial charge is 0.394 e. The minimum Gasteiger partial charge on any atom is -0.394 e. The van der Waals surface area contributed by atoms with Gasteiger partial charge in [0.05, 0.1) is 18.8 Å². The van der Waals surface area contributed by atoms with Gasteiger partial charge in [-0.1, -0.05) is 187 Å². The number of aliphatic hydroxyl groups excluding tert-OH is 2. The monoisotopic (exact) mass is 568 g/mol. The predicted molar refractivity (Wildman–Crippen MR) is 175 cm³/mol. The Morgan fingerprint density at radius 2 is 0.800 bits per heavy atom. The molecule has 4 heteroatoms. The highest BCUT2D eigenvalue weighted by molar-refractivity contribution is 5.76. The molecule has 0 aromatic rings. The fourth-order valence-electron chi connectivity index (χ4n) is 5.77. The molecule has 0 aliphatic heterocycles. The molecule has 1 amide bonds. The van der Waals surface area contributed by atoms with Crippen molar-refractivity contribution in [3.05, 3.63) is 0 Å². The Labute approximate surface area is 251 Å². The summed E-state index contributed by atoms with van der Waals surface area (Å²) in [5.41, 5.74) is 0. The smallest absolute Gasteiger partial charge is 0.220 e. The van der Waals surface area contributed by atoms with Crippen LogP contribution in [0.1, 0.15) is 206 Å². The lowest BCUT2D eigenvalue weighted by Crippen LogP contribution is -2.45. The van der Waals surface area contributed by atoms with Crippen molar-refractivity contribution < 1.29 is 15.0 Å². The Bertz CT molecular complexity index is 498. The highest BCUT2D eigenvalue weighted by Crippen LogP contribution is 2.16. The first-order valence-electron chi connectivity index (χ1n) is 18.2. The van der Waals surface area contributed by atoms with Gasteiger partial charge < -0.3 is 15.5 Å². The van der Waals surface area contributed by atoms with Crippen molar-refractivity contribution in [3.63, 3.8) is 0 Å². The van der Waals surface area contributed by atoms with Crippen molar-refractivity contribution in [1.82, 2.24) is 5.32 Å². The highest BCUT2D eigenvalue weighted by atomic mass is 16.3. The second-order valence-electron chi connectivity index (χ2n) is 12.7. The van der Waals surface area contributed by atoms with Crippen molar-refractivity contribution in [3.8, 4) is 0 Å². The summed E-state index contributed by atoms with van der Waals surface area (Å²) in [6.07, 6.45) is 37.3. The first-order chi connectivity index (χ1) is 19.7. The highest BCUT2D eigenvalue weighted by Gasteiger charge is 2.19. The van der Waals surface area contributed by atoms with E-state index in [4.69, 9.17) is 0 Å². The van der Waals surface area contributed by atoms with E-state index in [0.29, 0.717) is 12.8 Å². The number of nitrogens with one attached hydrogen (secondary N) is 1. The van der Waals surface area contributed by atoms with E-state index in [0.717, 1.165) is 25.7 Å². The molecule has 3 N–H and O–H groups in total. The van der Waals surface area contributed by atoms with E-state index in [-0.39, 0.29) is 12.5 Å². The number of carbonyl (C=O) groups excluding carboxylic acids is 1. The van der Waals surface area contributed by atoms with E-state index in [1.807, 2.05) is 0 Å². The van der Waals surface area contributed by atoms with Gasteiger partial charge in [0.25, 0.3) is 0 Å².